The van der Waals surface area contributed by atoms with Crippen molar-refractivity contribution >= 4 is 46.4 Å². The van der Waals surface area contributed by atoms with Crippen LogP contribution in [0.4, 0.5) is 0 Å². The van der Waals surface area contributed by atoms with Crippen LogP contribution in [0.15, 0.2) is 0 Å². The quantitative estimate of drug-likeness (QED) is 0.346. The van der Waals surface area contributed by atoms with Gasteiger partial charge in [0.25, 0.3) is 0 Å². The van der Waals surface area contributed by atoms with Gasteiger partial charge in [-0.25, -0.2) is 0 Å². The highest BCUT2D eigenvalue weighted by Crippen LogP contribution is 2.29. The average molecular weight is 349 g/mol. The number of hydrazine groups is 1. The van der Waals surface area contributed by atoms with Gasteiger partial charge in [-0.15, -0.1) is 0 Å². The molecule has 0 aromatic heterocycles. The average Bonchev–Trinajstić information content (AvgIpc) is 2.46. The third-order valence-electron chi connectivity index (χ3n) is 4.12. The van der Waals surface area contributed by atoms with E-state index < -0.39 is 0 Å². The Balaban J connectivity index is 2.17. The summed E-state index contributed by atoms with van der Waals surface area (Å²) in [6, 6.07) is 0.457. The van der Waals surface area contributed by atoms with Crippen LogP contribution in [-0.4, -0.2) is 34.8 Å². The molecule has 3 atom stereocenters. The molecular formula is C14H28N4S3. The Morgan fingerprint density at radius 1 is 1.14 bits per heavy atom. The minimum absolute atomic E-state index is 0.457. The predicted molar refractivity (Wildman–Crippen MR) is 102 cm³/mol. The summed E-state index contributed by atoms with van der Waals surface area (Å²) in [5.41, 5.74) is 5.90. The maximum absolute atomic E-state index is 5.32. The minimum atomic E-state index is 0.457. The normalized spacial score (nSPS) is 25.0. The second-order valence-corrected chi connectivity index (χ2v) is 7.50. The molecule has 0 heterocycles. The molecule has 1 fully saturated rings. The van der Waals surface area contributed by atoms with Gasteiger partial charge in [0.2, 0.25) is 0 Å². The molecule has 0 radical (unpaired) electrons. The number of thiocarbonyl (C=S) groups is 2. The molecule has 122 valence electrons. The molecule has 0 aliphatic heterocycles. The van der Waals surface area contributed by atoms with E-state index in [4.69, 9.17) is 24.4 Å². The first-order chi connectivity index (χ1) is 10.0. The first-order valence-electron chi connectivity index (χ1n) is 7.64. The second kappa shape index (κ2) is 10.5. The van der Waals surface area contributed by atoms with Gasteiger partial charge in [0.05, 0.1) is 0 Å². The van der Waals surface area contributed by atoms with Crippen molar-refractivity contribution in [2.45, 2.75) is 45.6 Å². The summed E-state index contributed by atoms with van der Waals surface area (Å²) >= 11 is 12.4. The van der Waals surface area contributed by atoms with Gasteiger partial charge in [-0.3, -0.25) is 10.9 Å². The number of nitrogens with one attached hydrogen (secondary N) is 4. The molecule has 1 aliphatic rings. The van der Waals surface area contributed by atoms with E-state index in [0.717, 1.165) is 24.6 Å². The lowest BCUT2D eigenvalue weighted by atomic mass is 9.78. The lowest BCUT2D eigenvalue weighted by Crippen LogP contribution is -2.54. The third-order valence-corrected chi connectivity index (χ3v) is 5.29. The van der Waals surface area contributed by atoms with Gasteiger partial charge >= 0.3 is 0 Å². The molecule has 0 amide bonds. The van der Waals surface area contributed by atoms with E-state index in [-0.39, 0.29) is 0 Å². The maximum atomic E-state index is 5.32. The summed E-state index contributed by atoms with van der Waals surface area (Å²) < 4.78 is 0. The second-order valence-electron chi connectivity index (χ2n) is 5.70. The molecule has 1 rings (SSSR count). The van der Waals surface area contributed by atoms with Gasteiger partial charge in [-0.2, -0.15) is 11.8 Å². The van der Waals surface area contributed by atoms with E-state index in [0.29, 0.717) is 22.2 Å². The highest BCUT2D eigenvalue weighted by Gasteiger charge is 2.27. The Morgan fingerprint density at radius 2 is 1.86 bits per heavy atom. The van der Waals surface area contributed by atoms with E-state index in [1.54, 1.807) is 0 Å². The fraction of sp³-hybridized carbons (Fsp3) is 0.857. The summed E-state index contributed by atoms with van der Waals surface area (Å²) in [7, 11) is 0. The van der Waals surface area contributed by atoms with Crippen molar-refractivity contribution in [3.8, 4) is 0 Å². The summed E-state index contributed by atoms with van der Waals surface area (Å²) in [6.07, 6.45) is 6.99. The van der Waals surface area contributed by atoms with E-state index in [1.165, 1.54) is 19.3 Å². The van der Waals surface area contributed by atoms with Gasteiger partial charge < -0.3 is 10.6 Å². The molecule has 7 heteroatoms. The largest absolute Gasteiger partial charge is 0.361 e. The molecule has 4 nitrogen and oxygen atoms in total. The molecule has 0 aromatic carbocycles. The van der Waals surface area contributed by atoms with Crippen molar-refractivity contribution in [2.24, 2.45) is 11.8 Å². The minimum Gasteiger partial charge on any atom is -0.361 e. The van der Waals surface area contributed by atoms with E-state index >= 15 is 0 Å². The highest BCUT2D eigenvalue weighted by molar-refractivity contribution is 7.98. The van der Waals surface area contributed by atoms with E-state index in [2.05, 4.69) is 41.6 Å². The van der Waals surface area contributed by atoms with Crippen molar-refractivity contribution in [3.05, 3.63) is 0 Å². The van der Waals surface area contributed by atoms with Gasteiger partial charge in [0.1, 0.15) is 0 Å². The fourth-order valence-corrected chi connectivity index (χ4v) is 3.35. The van der Waals surface area contributed by atoms with Crippen LogP contribution in [0.5, 0.6) is 0 Å². The first-order valence-corrected chi connectivity index (χ1v) is 9.85. The number of thioether (sulfide) groups is 1. The Hall–Kier alpha value is -0.270. The van der Waals surface area contributed by atoms with Gasteiger partial charge in [-0.05, 0) is 61.1 Å². The Morgan fingerprint density at radius 3 is 2.57 bits per heavy atom. The van der Waals surface area contributed by atoms with E-state index in [1.807, 2.05) is 11.8 Å². The van der Waals surface area contributed by atoms with Crippen LogP contribution in [0.2, 0.25) is 0 Å². The topological polar surface area (TPSA) is 48.1 Å². The van der Waals surface area contributed by atoms with Crippen molar-refractivity contribution in [1.29, 1.82) is 0 Å². The number of hydrogen-bond donors (Lipinski definition) is 4. The standard InChI is InChI=1S/C14H28N4S3/c1-10-6-4-7-12(11(10)2)16-14(20)18-17-13(19)15-8-5-9-21-3/h10-12H,4-9H2,1-3H3,(H2,15,17,19)(H2,16,18,20)/t10-,11-,12-/m1/s1. The van der Waals surface area contributed by atoms with Crippen LogP contribution in [-0.2, 0) is 0 Å². The zero-order chi connectivity index (χ0) is 15.7. The van der Waals surface area contributed by atoms with Crippen molar-refractivity contribution in [3.63, 3.8) is 0 Å². The van der Waals surface area contributed by atoms with Crippen LogP contribution >= 0.6 is 36.2 Å². The SMILES string of the molecule is CSCCCNC(=S)NNC(=S)N[C@@H]1CCC[C@@H](C)[C@H]1C. The maximum Gasteiger partial charge on any atom is 0.185 e. The monoisotopic (exact) mass is 348 g/mol. The van der Waals surface area contributed by atoms with E-state index in [9.17, 15) is 0 Å². The Labute approximate surface area is 143 Å². The predicted octanol–water partition coefficient (Wildman–Crippen LogP) is 2.41. The Kier molecular flexibility index (Phi) is 9.35. The highest BCUT2D eigenvalue weighted by atomic mass is 32.2. The van der Waals surface area contributed by atoms with Crippen molar-refractivity contribution in [2.75, 3.05) is 18.6 Å². The molecule has 4 N–H and O–H groups in total. The molecule has 0 saturated heterocycles. The van der Waals surface area contributed by atoms with Gasteiger partial charge in [0.15, 0.2) is 10.2 Å². The van der Waals surface area contributed by atoms with Gasteiger partial charge in [-0.1, -0.05) is 26.7 Å². The summed E-state index contributed by atoms with van der Waals surface area (Å²) in [5.74, 6) is 2.54. The van der Waals surface area contributed by atoms with Crippen molar-refractivity contribution in [1.82, 2.24) is 21.5 Å². The van der Waals surface area contributed by atoms with Gasteiger partial charge in [0, 0.05) is 12.6 Å². The van der Waals surface area contributed by atoms with Crippen LogP contribution in [0, 0.1) is 11.8 Å². The molecule has 0 bridgehead atoms. The fourth-order valence-electron chi connectivity index (χ4n) is 2.57. The lowest BCUT2D eigenvalue weighted by Gasteiger charge is -2.35. The molecule has 1 saturated carbocycles. The first kappa shape index (κ1) is 18.8. The van der Waals surface area contributed by atoms with Crippen LogP contribution in [0.3, 0.4) is 0 Å². The summed E-state index contributed by atoms with van der Waals surface area (Å²) in [6.45, 7) is 5.50. The number of hydrogen-bond acceptors (Lipinski definition) is 3. The summed E-state index contributed by atoms with van der Waals surface area (Å²) in [5, 5.41) is 7.76. The van der Waals surface area contributed by atoms with Crippen LogP contribution in [0.25, 0.3) is 0 Å². The zero-order valence-corrected chi connectivity index (χ0v) is 15.6. The van der Waals surface area contributed by atoms with Crippen molar-refractivity contribution < 1.29 is 0 Å². The summed E-state index contributed by atoms with van der Waals surface area (Å²) in [4.78, 5) is 0. The molecule has 21 heavy (non-hydrogen) atoms. The third kappa shape index (κ3) is 7.51. The molecule has 0 unspecified atom stereocenters. The lowest BCUT2D eigenvalue weighted by molar-refractivity contribution is 0.224. The zero-order valence-electron chi connectivity index (χ0n) is 13.2. The molecule has 0 aromatic rings. The number of rotatable bonds is 5. The van der Waals surface area contributed by atoms with Crippen LogP contribution < -0.4 is 21.5 Å². The molecule has 1 aliphatic carbocycles. The van der Waals surface area contributed by atoms with Crippen LogP contribution in [0.1, 0.15) is 39.5 Å². The smallest absolute Gasteiger partial charge is 0.185 e. The molecule has 0 spiro atoms. The Bertz CT molecular complexity index is 338. The molecular weight excluding hydrogens is 320 g/mol.